The molecule has 0 bridgehead atoms. The van der Waals surface area contributed by atoms with Crippen molar-refractivity contribution in [3.63, 3.8) is 0 Å². The summed E-state index contributed by atoms with van der Waals surface area (Å²) in [5.41, 5.74) is 1.80. The third-order valence-electron chi connectivity index (χ3n) is 7.40. The Morgan fingerprint density at radius 1 is 1.10 bits per heavy atom. The number of phenols is 1. The second-order valence-electron chi connectivity index (χ2n) is 10.2. The number of aliphatic hydroxyl groups excluding tert-OH is 1. The Morgan fingerprint density at radius 2 is 1.80 bits per heavy atom. The number of aryl methyl sites for hydroxylation is 1. The molecule has 1 unspecified atom stereocenters. The van der Waals surface area contributed by atoms with Gasteiger partial charge in [0.05, 0.1) is 28.9 Å². The molecule has 4 aromatic rings. The molecule has 0 radical (unpaired) electrons. The minimum absolute atomic E-state index is 0.0830. The summed E-state index contributed by atoms with van der Waals surface area (Å²) in [6, 6.07) is 10.5. The Labute approximate surface area is 236 Å². The molecule has 1 fully saturated rings. The first-order valence-electron chi connectivity index (χ1n) is 12.7. The van der Waals surface area contributed by atoms with Gasteiger partial charge in [-0.1, -0.05) is 17.7 Å². The number of aliphatic hydroxyl groups is 1. The van der Waals surface area contributed by atoms with Gasteiger partial charge in [0.1, 0.15) is 17.4 Å². The average molecular weight is 565 g/mol. The fourth-order valence-electron chi connectivity index (χ4n) is 5.21. The number of hydrogen-bond acceptors (Lipinski definition) is 7. The Balaban J connectivity index is 1.51. The normalized spacial score (nSPS) is 19.3. The fourth-order valence-corrected chi connectivity index (χ4v) is 5.48. The maximum atomic E-state index is 14.9. The van der Waals surface area contributed by atoms with E-state index in [9.17, 15) is 19.4 Å². The zero-order chi connectivity index (χ0) is 28.7. The summed E-state index contributed by atoms with van der Waals surface area (Å²) in [5, 5.41) is 22.3. The molecule has 1 aliphatic rings. The van der Waals surface area contributed by atoms with Crippen LogP contribution in [-0.2, 0) is 7.05 Å². The summed E-state index contributed by atoms with van der Waals surface area (Å²) in [4.78, 5) is 24.9. The third-order valence-corrected chi connectivity index (χ3v) is 7.70. The number of piperidine rings is 1. The number of aromatic hydroxyl groups is 1. The van der Waals surface area contributed by atoms with Gasteiger partial charge in [-0.05, 0) is 68.3 Å². The number of halogens is 2. The number of rotatable bonds is 6. The highest BCUT2D eigenvalue weighted by molar-refractivity contribution is 6.32. The van der Waals surface area contributed by atoms with Gasteiger partial charge in [-0.15, -0.1) is 0 Å². The van der Waals surface area contributed by atoms with Gasteiger partial charge >= 0.3 is 5.69 Å². The lowest BCUT2D eigenvalue weighted by Crippen LogP contribution is -2.59. The zero-order valence-electron chi connectivity index (χ0n) is 22.4. The average Bonchev–Trinajstić information content (AvgIpc) is 3.26. The van der Waals surface area contributed by atoms with E-state index in [4.69, 9.17) is 11.6 Å². The van der Waals surface area contributed by atoms with E-state index >= 15 is 0 Å². The van der Waals surface area contributed by atoms with Gasteiger partial charge in [0.15, 0.2) is 0 Å². The topological polar surface area (TPSA) is 99.1 Å². The van der Waals surface area contributed by atoms with Crippen molar-refractivity contribution in [2.24, 2.45) is 12.0 Å². The first-order chi connectivity index (χ1) is 19.1. The van der Waals surface area contributed by atoms with E-state index in [1.54, 1.807) is 56.0 Å². The fraction of sp³-hybridized carbons (Fsp3) is 0.276. The van der Waals surface area contributed by atoms with Gasteiger partial charge in [-0.25, -0.2) is 14.2 Å². The predicted molar refractivity (Wildman–Crippen MR) is 155 cm³/mol. The molecule has 5 rings (SSSR count). The lowest BCUT2D eigenvalue weighted by atomic mass is 9.95. The molecule has 3 heterocycles. The van der Waals surface area contributed by atoms with E-state index in [-0.39, 0.29) is 39.7 Å². The molecule has 40 heavy (non-hydrogen) atoms. The van der Waals surface area contributed by atoms with Crippen LogP contribution in [0.25, 0.3) is 27.9 Å². The number of benzene rings is 2. The standard InChI is InChI=1S/C29H30ClFN6O3/c1-32-27-24(34(2)3)15-36(16-25(27)38)26-12-18(7-8-33-26)21-14-19(31)13-20(28(21)39)17-5-6-23(22(30)11-17)37-10-9-35(4)29(37)40/h5-14,24-25,27,38-39H,1,15-16H2,2-4H3/t24-,25-,27?/m1/s1. The third kappa shape index (κ3) is 5.01. The number of nitrogens with zero attached hydrogens (tertiary/aromatic N) is 6. The van der Waals surface area contributed by atoms with E-state index in [0.717, 1.165) is 0 Å². The summed E-state index contributed by atoms with van der Waals surface area (Å²) in [6.45, 7) is 4.50. The molecule has 1 aliphatic heterocycles. The van der Waals surface area contributed by atoms with E-state index in [0.29, 0.717) is 35.7 Å². The van der Waals surface area contributed by atoms with Crippen molar-refractivity contribution in [2.45, 2.75) is 18.2 Å². The number of aromatic nitrogens is 3. The molecule has 11 heteroatoms. The maximum absolute atomic E-state index is 14.9. The Bertz CT molecular complexity index is 1630. The lowest BCUT2D eigenvalue weighted by molar-refractivity contribution is 0.0839. The van der Waals surface area contributed by atoms with Crippen LogP contribution in [0.15, 0.2) is 70.8 Å². The number of phenolic OH excluding ortho intramolecular Hbond substituents is 1. The summed E-state index contributed by atoms with van der Waals surface area (Å²) in [5.74, 6) is -0.0848. The highest BCUT2D eigenvalue weighted by atomic mass is 35.5. The van der Waals surface area contributed by atoms with E-state index in [1.807, 2.05) is 23.9 Å². The van der Waals surface area contributed by atoms with Crippen molar-refractivity contribution < 1.29 is 14.6 Å². The van der Waals surface area contributed by atoms with Crippen molar-refractivity contribution in [3.8, 4) is 33.7 Å². The minimum atomic E-state index is -0.738. The molecule has 2 aromatic carbocycles. The second kappa shape index (κ2) is 10.9. The van der Waals surface area contributed by atoms with Gasteiger partial charge in [-0.3, -0.25) is 9.56 Å². The van der Waals surface area contributed by atoms with Crippen LogP contribution < -0.4 is 10.6 Å². The number of β-amino-alcohol motifs (C(OH)–C–C–N with tert-alkyl or cyclic N) is 1. The Hall–Kier alpha value is -3.99. The monoisotopic (exact) mass is 564 g/mol. The number of anilines is 1. The molecule has 0 saturated carbocycles. The molecule has 2 aromatic heterocycles. The molecule has 0 spiro atoms. The zero-order valence-corrected chi connectivity index (χ0v) is 23.1. The summed E-state index contributed by atoms with van der Waals surface area (Å²) in [6.07, 6.45) is 4.09. The summed E-state index contributed by atoms with van der Waals surface area (Å²) >= 11 is 6.52. The van der Waals surface area contributed by atoms with Crippen LogP contribution in [0.4, 0.5) is 10.2 Å². The SMILES string of the molecule is C=NC1[C@H](O)CN(c2cc(-c3cc(F)cc(-c4ccc(-n5ccn(C)c5=O)c(Cl)c4)c3O)ccn2)C[C@H]1N(C)C. The van der Waals surface area contributed by atoms with Crippen LogP contribution in [0.1, 0.15) is 0 Å². The van der Waals surface area contributed by atoms with Crippen LogP contribution in [0, 0.1) is 5.82 Å². The molecule has 1 saturated heterocycles. The smallest absolute Gasteiger partial charge is 0.332 e. The van der Waals surface area contributed by atoms with Gasteiger partial charge in [0, 0.05) is 49.9 Å². The summed E-state index contributed by atoms with van der Waals surface area (Å²) in [7, 11) is 5.49. The number of aliphatic imine (C=N–C) groups is 1. The van der Waals surface area contributed by atoms with Crippen molar-refractivity contribution >= 4 is 24.1 Å². The van der Waals surface area contributed by atoms with Crippen molar-refractivity contribution in [2.75, 3.05) is 32.1 Å². The van der Waals surface area contributed by atoms with Crippen molar-refractivity contribution in [1.29, 1.82) is 0 Å². The number of pyridine rings is 1. The second-order valence-corrected chi connectivity index (χ2v) is 10.6. The molecule has 3 atom stereocenters. The largest absolute Gasteiger partial charge is 0.507 e. The van der Waals surface area contributed by atoms with E-state index in [1.165, 1.54) is 21.3 Å². The molecular weight excluding hydrogens is 535 g/mol. The molecule has 9 nitrogen and oxygen atoms in total. The van der Waals surface area contributed by atoms with Crippen LogP contribution in [0.2, 0.25) is 5.02 Å². The number of likely N-dealkylation sites (N-methyl/N-ethyl adjacent to an activating group) is 1. The Morgan fingerprint density at radius 3 is 2.40 bits per heavy atom. The highest BCUT2D eigenvalue weighted by Crippen LogP contribution is 2.41. The van der Waals surface area contributed by atoms with Crippen molar-refractivity contribution in [3.05, 3.63) is 82.4 Å². The number of imidazole rings is 1. The van der Waals surface area contributed by atoms with E-state index in [2.05, 4.69) is 16.7 Å². The highest BCUT2D eigenvalue weighted by Gasteiger charge is 2.37. The summed E-state index contributed by atoms with van der Waals surface area (Å²) < 4.78 is 17.8. The lowest BCUT2D eigenvalue weighted by Gasteiger charge is -2.43. The maximum Gasteiger partial charge on any atom is 0.332 e. The quantitative estimate of drug-likeness (QED) is 0.347. The molecule has 208 valence electrons. The molecule has 0 aliphatic carbocycles. The van der Waals surface area contributed by atoms with Crippen LogP contribution in [0.3, 0.4) is 0 Å². The van der Waals surface area contributed by atoms with Crippen LogP contribution >= 0.6 is 11.6 Å². The first-order valence-corrected chi connectivity index (χ1v) is 13.0. The van der Waals surface area contributed by atoms with Crippen molar-refractivity contribution in [1.82, 2.24) is 19.0 Å². The molecule has 0 amide bonds. The van der Waals surface area contributed by atoms with Gasteiger partial charge < -0.3 is 24.6 Å². The number of hydrogen-bond donors (Lipinski definition) is 2. The van der Waals surface area contributed by atoms with Crippen LogP contribution in [0.5, 0.6) is 5.75 Å². The van der Waals surface area contributed by atoms with Gasteiger partial charge in [-0.2, -0.15) is 0 Å². The van der Waals surface area contributed by atoms with Crippen LogP contribution in [-0.4, -0.2) is 81.3 Å². The Kier molecular flexibility index (Phi) is 7.50. The molecular formula is C29H30ClFN6O3. The minimum Gasteiger partial charge on any atom is -0.507 e. The van der Waals surface area contributed by atoms with Gasteiger partial charge in [0.25, 0.3) is 0 Å². The van der Waals surface area contributed by atoms with E-state index < -0.39 is 11.9 Å². The predicted octanol–water partition coefficient (Wildman–Crippen LogP) is 3.58. The first kappa shape index (κ1) is 27.6. The van der Waals surface area contributed by atoms with Gasteiger partial charge in [0.2, 0.25) is 0 Å². The molecule has 2 N–H and O–H groups in total.